The quantitative estimate of drug-likeness (QED) is 0.693. The van der Waals surface area contributed by atoms with Crippen LogP contribution in [0.25, 0.3) is 0 Å². The van der Waals surface area contributed by atoms with E-state index in [4.69, 9.17) is 0 Å². The Labute approximate surface area is 96.0 Å². The fourth-order valence-electron chi connectivity index (χ4n) is 1.66. The standard InChI is InChI=1S/C12H19N3O/c1-15-8-2-3-11(15)9-13-6-7-14-12(16)10-4-5-10/h2-3,8,10,13H,4-7,9H2,1H3,(H,14,16). The number of nitrogens with zero attached hydrogens (tertiary/aromatic N) is 1. The van der Waals surface area contributed by atoms with E-state index < -0.39 is 0 Å². The molecule has 0 bridgehead atoms. The van der Waals surface area contributed by atoms with Crippen LogP contribution >= 0.6 is 0 Å². The van der Waals surface area contributed by atoms with Crippen LogP contribution in [-0.2, 0) is 18.4 Å². The Morgan fingerprint density at radius 3 is 2.94 bits per heavy atom. The molecule has 0 atom stereocenters. The molecule has 0 aromatic carbocycles. The number of aromatic nitrogens is 1. The van der Waals surface area contributed by atoms with Crippen molar-refractivity contribution in [2.45, 2.75) is 19.4 Å². The van der Waals surface area contributed by atoms with Crippen LogP contribution < -0.4 is 10.6 Å². The molecule has 4 heteroatoms. The minimum atomic E-state index is 0.223. The molecule has 2 N–H and O–H groups in total. The highest BCUT2D eigenvalue weighted by Gasteiger charge is 2.28. The Hall–Kier alpha value is -1.29. The summed E-state index contributed by atoms with van der Waals surface area (Å²) in [5.41, 5.74) is 1.26. The van der Waals surface area contributed by atoms with Gasteiger partial charge in [-0.2, -0.15) is 0 Å². The van der Waals surface area contributed by atoms with Gasteiger partial charge < -0.3 is 15.2 Å². The van der Waals surface area contributed by atoms with E-state index in [1.807, 2.05) is 19.3 Å². The molecule has 16 heavy (non-hydrogen) atoms. The lowest BCUT2D eigenvalue weighted by Crippen LogP contribution is -2.32. The Bertz CT molecular complexity index is 355. The molecular weight excluding hydrogens is 202 g/mol. The normalized spacial score (nSPS) is 15.1. The molecule has 1 aromatic rings. The molecule has 0 unspecified atom stereocenters. The SMILES string of the molecule is Cn1cccc1CNCCNC(=O)C1CC1. The van der Waals surface area contributed by atoms with Crippen molar-refractivity contribution in [1.82, 2.24) is 15.2 Å². The molecule has 0 radical (unpaired) electrons. The second-order valence-corrected chi connectivity index (χ2v) is 4.35. The average Bonchev–Trinajstić information content (AvgIpc) is 3.04. The third kappa shape index (κ3) is 3.10. The van der Waals surface area contributed by atoms with E-state index in [-0.39, 0.29) is 5.91 Å². The Morgan fingerprint density at radius 1 is 1.50 bits per heavy atom. The number of hydrogen-bond donors (Lipinski definition) is 2. The van der Waals surface area contributed by atoms with Crippen molar-refractivity contribution in [1.29, 1.82) is 0 Å². The van der Waals surface area contributed by atoms with Crippen molar-refractivity contribution in [3.05, 3.63) is 24.0 Å². The fraction of sp³-hybridized carbons (Fsp3) is 0.583. The number of rotatable bonds is 6. The van der Waals surface area contributed by atoms with Gasteiger partial charge in [0.25, 0.3) is 0 Å². The van der Waals surface area contributed by atoms with E-state index in [1.54, 1.807) is 0 Å². The van der Waals surface area contributed by atoms with Crippen LogP contribution in [0, 0.1) is 5.92 Å². The molecule has 2 rings (SSSR count). The lowest BCUT2D eigenvalue weighted by Gasteiger charge is -2.07. The molecule has 1 heterocycles. The van der Waals surface area contributed by atoms with Crippen molar-refractivity contribution in [3.63, 3.8) is 0 Å². The smallest absolute Gasteiger partial charge is 0.223 e. The second kappa shape index (κ2) is 5.16. The first-order valence-corrected chi connectivity index (χ1v) is 5.86. The largest absolute Gasteiger partial charge is 0.355 e. The van der Waals surface area contributed by atoms with Gasteiger partial charge in [-0.3, -0.25) is 4.79 Å². The van der Waals surface area contributed by atoms with E-state index in [9.17, 15) is 4.79 Å². The summed E-state index contributed by atoms with van der Waals surface area (Å²) >= 11 is 0. The zero-order valence-corrected chi connectivity index (χ0v) is 9.70. The molecule has 4 nitrogen and oxygen atoms in total. The van der Waals surface area contributed by atoms with Gasteiger partial charge in [-0.15, -0.1) is 0 Å². The summed E-state index contributed by atoms with van der Waals surface area (Å²) in [4.78, 5) is 11.3. The van der Waals surface area contributed by atoms with Gasteiger partial charge in [0.05, 0.1) is 0 Å². The van der Waals surface area contributed by atoms with Crippen LogP contribution in [0.4, 0.5) is 0 Å². The van der Waals surface area contributed by atoms with Gasteiger partial charge in [0.15, 0.2) is 0 Å². The van der Waals surface area contributed by atoms with E-state index in [0.717, 1.165) is 32.5 Å². The molecule has 1 amide bonds. The Balaban J connectivity index is 1.55. The van der Waals surface area contributed by atoms with Crippen LogP contribution in [0.1, 0.15) is 18.5 Å². The first kappa shape index (κ1) is 11.2. The highest BCUT2D eigenvalue weighted by atomic mass is 16.2. The van der Waals surface area contributed by atoms with Crippen molar-refractivity contribution >= 4 is 5.91 Å². The maximum absolute atomic E-state index is 11.3. The predicted molar refractivity (Wildman–Crippen MR) is 62.9 cm³/mol. The number of hydrogen-bond acceptors (Lipinski definition) is 2. The molecule has 0 spiro atoms. The highest BCUT2D eigenvalue weighted by Crippen LogP contribution is 2.28. The van der Waals surface area contributed by atoms with Crippen molar-refractivity contribution in [3.8, 4) is 0 Å². The van der Waals surface area contributed by atoms with Crippen LogP contribution in [0.3, 0.4) is 0 Å². The van der Waals surface area contributed by atoms with Crippen molar-refractivity contribution in [2.24, 2.45) is 13.0 Å². The van der Waals surface area contributed by atoms with Crippen LogP contribution in [0.2, 0.25) is 0 Å². The van der Waals surface area contributed by atoms with Crippen molar-refractivity contribution < 1.29 is 4.79 Å². The summed E-state index contributed by atoms with van der Waals surface area (Å²) in [5, 5.41) is 6.24. The molecule has 0 saturated heterocycles. The fourth-order valence-corrected chi connectivity index (χ4v) is 1.66. The van der Waals surface area contributed by atoms with Gasteiger partial charge in [0, 0.05) is 44.5 Å². The van der Waals surface area contributed by atoms with Crippen LogP contribution in [-0.4, -0.2) is 23.6 Å². The minimum Gasteiger partial charge on any atom is -0.355 e. The molecule has 1 saturated carbocycles. The summed E-state index contributed by atoms with van der Waals surface area (Å²) in [6, 6.07) is 4.13. The van der Waals surface area contributed by atoms with Gasteiger partial charge in [0.2, 0.25) is 5.91 Å². The maximum Gasteiger partial charge on any atom is 0.223 e. The topological polar surface area (TPSA) is 46.1 Å². The van der Waals surface area contributed by atoms with Crippen molar-refractivity contribution in [2.75, 3.05) is 13.1 Å². The molecular formula is C12H19N3O. The van der Waals surface area contributed by atoms with Gasteiger partial charge >= 0.3 is 0 Å². The number of carbonyl (C=O) groups is 1. The van der Waals surface area contributed by atoms with Gasteiger partial charge in [0.1, 0.15) is 0 Å². The Morgan fingerprint density at radius 2 is 2.31 bits per heavy atom. The van der Waals surface area contributed by atoms with E-state index in [2.05, 4.69) is 21.3 Å². The summed E-state index contributed by atoms with van der Waals surface area (Å²) in [5.74, 6) is 0.536. The Kier molecular flexibility index (Phi) is 3.62. The zero-order valence-electron chi connectivity index (χ0n) is 9.70. The molecule has 1 aliphatic carbocycles. The van der Waals surface area contributed by atoms with Crippen LogP contribution in [0.5, 0.6) is 0 Å². The molecule has 0 aliphatic heterocycles. The number of amides is 1. The third-order valence-electron chi connectivity index (χ3n) is 2.91. The molecule has 1 fully saturated rings. The number of aryl methyl sites for hydroxylation is 1. The summed E-state index contributed by atoms with van der Waals surface area (Å²) in [6.07, 6.45) is 4.18. The van der Waals surface area contributed by atoms with Gasteiger partial charge in [-0.25, -0.2) is 0 Å². The molecule has 1 aromatic heterocycles. The average molecular weight is 221 g/mol. The minimum absolute atomic E-state index is 0.223. The first-order valence-electron chi connectivity index (χ1n) is 5.86. The molecule has 1 aliphatic rings. The summed E-state index contributed by atoms with van der Waals surface area (Å²) in [7, 11) is 2.03. The zero-order chi connectivity index (χ0) is 11.4. The van der Waals surface area contributed by atoms with E-state index in [1.165, 1.54) is 5.69 Å². The summed E-state index contributed by atoms with van der Waals surface area (Å²) < 4.78 is 2.09. The van der Waals surface area contributed by atoms with Crippen LogP contribution in [0.15, 0.2) is 18.3 Å². The third-order valence-corrected chi connectivity index (χ3v) is 2.91. The van der Waals surface area contributed by atoms with Gasteiger partial charge in [-0.1, -0.05) is 0 Å². The highest BCUT2D eigenvalue weighted by molar-refractivity contribution is 5.80. The van der Waals surface area contributed by atoms with Gasteiger partial charge in [-0.05, 0) is 25.0 Å². The maximum atomic E-state index is 11.3. The lowest BCUT2D eigenvalue weighted by molar-refractivity contribution is -0.122. The lowest BCUT2D eigenvalue weighted by atomic mass is 10.4. The summed E-state index contributed by atoms with van der Waals surface area (Å²) in [6.45, 7) is 2.40. The predicted octanol–water partition coefficient (Wildman–Crippen LogP) is 0.641. The van der Waals surface area contributed by atoms with E-state index in [0.29, 0.717) is 5.92 Å². The second-order valence-electron chi connectivity index (χ2n) is 4.35. The number of carbonyl (C=O) groups excluding carboxylic acids is 1. The molecule has 88 valence electrons. The first-order chi connectivity index (χ1) is 7.77. The number of nitrogens with one attached hydrogen (secondary N) is 2. The van der Waals surface area contributed by atoms with E-state index >= 15 is 0 Å². The monoisotopic (exact) mass is 221 g/mol.